The first kappa shape index (κ1) is 15.3. The molecule has 112 valence electrons. The van der Waals surface area contributed by atoms with Gasteiger partial charge in [-0.1, -0.05) is 20.8 Å². The lowest BCUT2D eigenvalue weighted by molar-refractivity contribution is 0.0866. The molecule has 1 aliphatic carbocycles. The zero-order valence-electron chi connectivity index (χ0n) is 13.4. The van der Waals surface area contributed by atoms with Crippen molar-refractivity contribution in [3.8, 4) is 0 Å². The molecule has 2 N–H and O–H groups in total. The van der Waals surface area contributed by atoms with Gasteiger partial charge >= 0.3 is 0 Å². The van der Waals surface area contributed by atoms with Crippen LogP contribution in [0.4, 0.5) is 0 Å². The van der Waals surface area contributed by atoms with E-state index in [-0.39, 0.29) is 0 Å². The van der Waals surface area contributed by atoms with E-state index >= 15 is 0 Å². The van der Waals surface area contributed by atoms with E-state index in [4.69, 9.17) is 5.73 Å². The highest BCUT2D eigenvalue weighted by molar-refractivity contribution is 4.95. The largest absolute Gasteiger partial charge is 0.327 e. The van der Waals surface area contributed by atoms with Gasteiger partial charge in [0, 0.05) is 44.8 Å². The third kappa shape index (κ3) is 3.50. The molecule has 0 aromatic carbocycles. The standard InChI is InChI=1S/C16H33N3/c1-5-13(2)19-10-8-18(9-11-19)12-14-6-7-16(3,4)15(14)17/h13-15H,5-12,17H2,1-4H3. The Morgan fingerprint density at radius 1 is 1.21 bits per heavy atom. The molecular formula is C16H33N3. The van der Waals surface area contributed by atoms with Crippen molar-refractivity contribution in [1.29, 1.82) is 0 Å². The maximum atomic E-state index is 6.43. The summed E-state index contributed by atoms with van der Waals surface area (Å²) < 4.78 is 0. The summed E-state index contributed by atoms with van der Waals surface area (Å²) >= 11 is 0. The molecule has 0 aromatic heterocycles. The second-order valence-corrected chi connectivity index (χ2v) is 7.41. The Morgan fingerprint density at radius 3 is 2.32 bits per heavy atom. The highest BCUT2D eigenvalue weighted by Gasteiger charge is 2.40. The van der Waals surface area contributed by atoms with E-state index in [2.05, 4.69) is 37.5 Å². The predicted molar refractivity (Wildman–Crippen MR) is 82.2 cm³/mol. The summed E-state index contributed by atoms with van der Waals surface area (Å²) in [5.74, 6) is 0.713. The quantitative estimate of drug-likeness (QED) is 0.847. The first-order chi connectivity index (χ1) is 8.94. The molecule has 1 saturated carbocycles. The molecule has 3 nitrogen and oxygen atoms in total. The molecule has 3 atom stereocenters. The number of piperazine rings is 1. The summed E-state index contributed by atoms with van der Waals surface area (Å²) in [6.45, 7) is 15.5. The fraction of sp³-hybridized carbons (Fsp3) is 1.00. The van der Waals surface area contributed by atoms with Gasteiger partial charge < -0.3 is 10.6 Å². The van der Waals surface area contributed by atoms with Gasteiger partial charge in [-0.05, 0) is 37.5 Å². The number of nitrogens with two attached hydrogens (primary N) is 1. The Kier molecular flexibility index (Phi) is 4.91. The molecule has 2 fully saturated rings. The van der Waals surface area contributed by atoms with E-state index in [1.54, 1.807) is 0 Å². The summed E-state index contributed by atoms with van der Waals surface area (Å²) in [7, 11) is 0. The molecular weight excluding hydrogens is 234 g/mol. The van der Waals surface area contributed by atoms with Gasteiger partial charge in [0.2, 0.25) is 0 Å². The number of hydrogen-bond donors (Lipinski definition) is 1. The lowest BCUT2D eigenvalue weighted by Crippen LogP contribution is -2.51. The minimum atomic E-state index is 0.350. The average Bonchev–Trinajstić information content (AvgIpc) is 2.66. The maximum Gasteiger partial charge on any atom is 0.0131 e. The molecule has 0 spiro atoms. The van der Waals surface area contributed by atoms with Gasteiger partial charge in [0.25, 0.3) is 0 Å². The fourth-order valence-corrected chi connectivity index (χ4v) is 3.72. The van der Waals surface area contributed by atoms with Gasteiger partial charge in [-0.3, -0.25) is 4.90 Å². The van der Waals surface area contributed by atoms with Crippen LogP contribution in [-0.2, 0) is 0 Å². The summed E-state index contributed by atoms with van der Waals surface area (Å²) in [5, 5.41) is 0. The Hall–Kier alpha value is -0.120. The van der Waals surface area contributed by atoms with Crippen LogP contribution in [0.2, 0.25) is 0 Å². The smallest absolute Gasteiger partial charge is 0.0131 e. The lowest BCUT2D eigenvalue weighted by Gasteiger charge is -2.39. The molecule has 1 saturated heterocycles. The first-order valence-electron chi connectivity index (χ1n) is 8.16. The molecule has 0 amide bonds. The molecule has 0 bridgehead atoms. The van der Waals surface area contributed by atoms with Gasteiger partial charge in [0.1, 0.15) is 0 Å². The molecule has 19 heavy (non-hydrogen) atoms. The van der Waals surface area contributed by atoms with Crippen LogP contribution in [0.1, 0.15) is 47.0 Å². The monoisotopic (exact) mass is 267 g/mol. The van der Waals surface area contributed by atoms with Gasteiger partial charge in [0.15, 0.2) is 0 Å². The summed E-state index contributed by atoms with van der Waals surface area (Å²) in [6.07, 6.45) is 3.88. The van der Waals surface area contributed by atoms with Crippen molar-refractivity contribution in [3.05, 3.63) is 0 Å². The highest BCUT2D eigenvalue weighted by atomic mass is 15.3. The number of nitrogens with zero attached hydrogens (tertiary/aromatic N) is 2. The van der Waals surface area contributed by atoms with E-state index in [1.165, 1.54) is 52.0 Å². The Bertz CT molecular complexity index is 282. The van der Waals surface area contributed by atoms with Crippen molar-refractivity contribution >= 4 is 0 Å². The Morgan fingerprint density at radius 2 is 1.84 bits per heavy atom. The van der Waals surface area contributed by atoms with E-state index in [0.29, 0.717) is 17.4 Å². The maximum absolute atomic E-state index is 6.43. The predicted octanol–water partition coefficient (Wildman–Crippen LogP) is 2.17. The molecule has 2 aliphatic rings. The molecule has 1 heterocycles. The third-order valence-electron chi connectivity index (χ3n) is 5.68. The summed E-state index contributed by atoms with van der Waals surface area (Å²) in [4.78, 5) is 5.28. The van der Waals surface area contributed by atoms with Gasteiger partial charge in [-0.15, -0.1) is 0 Å². The van der Waals surface area contributed by atoms with E-state index in [1.807, 2.05) is 0 Å². The van der Waals surface area contributed by atoms with E-state index in [0.717, 1.165) is 6.04 Å². The summed E-state index contributed by atoms with van der Waals surface area (Å²) in [6, 6.07) is 1.13. The van der Waals surface area contributed by atoms with Crippen molar-refractivity contribution < 1.29 is 0 Å². The molecule has 2 rings (SSSR count). The Labute approximate surface area is 119 Å². The second kappa shape index (κ2) is 6.11. The number of hydrogen-bond acceptors (Lipinski definition) is 3. The summed E-state index contributed by atoms with van der Waals surface area (Å²) in [5.41, 5.74) is 6.78. The van der Waals surface area contributed by atoms with Crippen LogP contribution in [0.25, 0.3) is 0 Å². The minimum absolute atomic E-state index is 0.350. The normalized spacial score (nSPS) is 34.6. The van der Waals surface area contributed by atoms with Gasteiger partial charge in [-0.2, -0.15) is 0 Å². The first-order valence-corrected chi connectivity index (χ1v) is 8.16. The van der Waals surface area contributed by atoms with Gasteiger partial charge in [0.05, 0.1) is 0 Å². The lowest BCUT2D eigenvalue weighted by atomic mass is 9.85. The fourth-order valence-electron chi connectivity index (χ4n) is 3.72. The van der Waals surface area contributed by atoms with E-state index < -0.39 is 0 Å². The van der Waals surface area contributed by atoms with Crippen LogP contribution in [0, 0.1) is 11.3 Å². The molecule has 3 unspecified atom stereocenters. The molecule has 3 heteroatoms. The zero-order valence-corrected chi connectivity index (χ0v) is 13.4. The van der Waals surface area contributed by atoms with Crippen molar-refractivity contribution in [2.45, 2.75) is 59.0 Å². The van der Waals surface area contributed by atoms with Crippen LogP contribution in [0.5, 0.6) is 0 Å². The van der Waals surface area contributed by atoms with Crippen LogP contribution < -0.4 is 5.73 Å². The molecule has 0 radical (unpaired) electrons. The van der Waals surface area contributed by atoms with Crippen molar-refractivity contribution in [2.75, 3.05) is 32.7 Å². The molecule has 1 aliphatic heterocycles. The highest BCUT2D eigenvalue weighted by Crippen LogP contribution is 2.40. The van der Waals surface area contributed by atoms with Crippen molar-refractivity contribution in [2.24, 2.45) is 17.1 Å². The second-order valence-electron chi connectivity index (χ2n) is 7.41. The van der Waals surface area contributed by atoms with E-state index in [9.17, 15) is 0 Å². The van der Waals surface area contributed by atoms with Gasteiger partial charge in [-0.25, -0.2) is 0 Å². The van der Waals surface area contributed by atoms with Crippen molar-refractivity contribution in [1.82, 2.24) is 9.80 Å². The van der Waals surface area contributed by atoms with Crippen LogP contribution in [-0.4, -0.2) is 54.6 Å². The van der Waals surface area contributed by atoms with Crippen molar-refractivity contribution in [3.63, 3.8) is 0 Å². The zero-order chi connectivity index (χ0) is 14.0. The Balaban J connectivity index is 1.77. The van der Waals surface area contributed by atoms with Crippen LogP contribution >= 0.6 is 0 Å². The minimum Gasteiger partial charge on any atom is -0.327 e. The topological polar surface area (TPSA) is 32.5 Å². The molecule has 0 aromatic rings. The number of rotatable bonds is 4. The third-order valence-corrected chi connectivity index (χ3v) is 5.68. The average molecular weight is 267 g/mol. The SMILES string of the molecule is CCC(C)N1CCN(CC2CCC(C)(C)C2N)CC1. The van der Waals surface area contributed by atoms with Crippen LogP contribution in [0.15, 0.2) is 0 Å². The van der Waals surface area contributed by atoms with Crippen LogP contribution in [0.3, 0.4) is 0 Å².